The van der Waals surface area contributed by atoms with Crippen LogP contribution in [0.4, 0.5) is 11.5 Å². The van der Waals surface area contributed by atoms with Crippen LogP contribution in [0.3, 0.4) is 0 Å². The highest BCUT2D eigenvalue weighted by Gasteiger charge is 2.28. The number of hydrogen-bond donors (Lipinski definition) is 1. The van der Waals surface area contributed by atoms with Crippen molar-refractivity contribution in [3.8, 4) is 17.2 Å². The summed E-state index contributed by atoms with van der Waals surface area (Å²) in [5, 5.41) is 3.40. The number of methoxy groups -OCH3 is 2. The van der Waals surface area contributed by atoms with Gasteiger partial charge in [-0.05, 0) is 57.0 Å². The molecule has 0 unspecified atom stereocenters. The molecule has 0 saturated carbocycles. The second-order valence-corrected chi connectivity index (χ2v) is 8.64. The SMILES string of the molecule is COc1cc(OC)c(NC(=O)C2CCN(c3ncccc3-n3c(C)ccc3C)CC2)cc1Cl. The molecule has 3 aromatic rings. The molecule has 0 radical (unpaired) electrons. The summed E-state index contributed by atoms with van der Waals surface area (Å²) in [4.78, 5) is 20.0. The maximum atomic E-state index is 13.0. The Morgan fingerprint density at radius 3 is 2.36 bits per heavy atom. The lowest BCUT2D eigenvalue weighted by Gasteiger charge is -2.33. The number of nitrogens with one attached hydrogen (secondary N) is 1. The minimum atomic E-state index is -0.103. The van der Waals surface area contributed by atoms with Crippen molar-refractivity contribution < 1.29 is 14.3 Å². The number of pyridine rings is 1. The molecule has 7 nitrogen and oxygen atoms in total. The van der Waals surface area contributed by atoms with Crippen molar-refractivity contribution in [2.45, 2.75) is 26.7 Å². The number of aryl methyl sites for hydroxylation is 2. The van der Waals surface area contributed by atoms with Gasteiger partial charge in [0.15, 0.2) is 5.82 Å². The molecule has 1 fully saturated rings. The van der Waals surface area contributed by atoms with Crippen LogP contribution >= 0.6 is 11.6 Å². The molecule has 1 amide bonds. The van der Waals surface area contributed by atoms with E-state index in [0.29, 0.717) is 22.2 Å². The Morgan fingerprint density at radius 1 is 1.06 bits per heavy atom. The van der Waals surface area contributed by atoms with E-state index in [2.05, 4.69) is 51.8 Å². The summed E-state index contributed by atoms with van der Waals surface area (Å²) in [6, 6.07) is 11.6. The maximum absolute atomic E-state index is 13.0. The van der Waals surface area contributed by atoms with Crippen molar-refractivity contribution in [1.29, 1.82) is 0 Å². The summed E-state index contributed by atoms with van der Waals surface area (Å²) in [6.07, 6.45) is 3.29. The Morgan fingerprint density at radius 2 is 1.73 bits per heavy atom. The number of aromatic nitrogens is 2. The van der Waals surface area contributed by atoms with Crippen LogP contribution in [-0.4, -0.2) is 42.8 Å². The Balaban J connectivity index is 1.46. The molecule has 33 heavy (non-hydrogen) atoms. The normalized spacial score (nSPS) is 14.3. The lowest BCUT2D eigenvalue weighted by Crippen LogP contribution is -2.39. The van der Waals surface area contributed by atoms with Crippen LogP contribution in [0, 0.1) is 19.8 Å². The highest BCUT2D eigenvalue weighted by Crippen LogP contribution is 2.36. The molecule has 1 aliphatic heterocycles. The number of halogens is 1. The molecule has 4 rings (SSSR count). The summed E-state index contributed by atoms with van der Waals surface area (Å²) >= 11 is 6.25. The smallest absolute Gasteiger partial charge is 0.227 e. The first-order chi connectivity index (χ1) is 15.9. The van der Waals surface area contributed by atoms with Gasteiger partial charge in [0, 0.05) is 42.7 Å². The summed E-state index contributed by atoms with van der Waals surface area (Å²) in [7, 11) is 3.09. The van der Waals surface area contributed by atoms with Crippen molar-refractivity contribution in [1.82, 2.24) is 9.55 Å². The number of piperidine rings is 1. The number of carbonyl (C=O) groups excluding carboxylic acids is 1. The van der Waals surface area contributed by atoms with Crippen molar-refractivity contribution >= 4 is 29.0 Å². The Bertz CT molecular complexity index is 1130. The zero-order chi connectivity index (χ0) is 23.5. The molecule has 0 bridgehead atoms. The van der Waals surface area contributed by atoms with Gasteiger partial charge in [0.1, 0.15) is 11.5 Å². The van der Waals surface area contributed by atoms with Crippen LogP contribution < -0.4 is 19.7 Å². The first-order valence-electron chi connectivity index (χ1n) is 11.0. The van der Waals surface area contributed by atoms with E-state index in [1.54, 1.807) is 26.4 Å². The molecule has 2 aromatic heterocycles. The third-order valence-electron chi connectivity index (χ3n) is 6.18. The van der Waals surface area contributed by atoms with Crippen LogP contribution in [0.2, 0.25) is 5.02 Å². The second kappa shape index (κ2) is 9.75. The van der Waals surface area contributed by atoms with Gasteiger partial charge in [-0.2, -0.15) is 0 Å². The van der Waals surface area contributed by atoms with E-state index in [1.165, 1.54) is 11.4 Å². The fourth-order valence-corrected chi connectivity index (χ4v) is 4.64. The summed E-state index contributed by atoms with van der Waals surface area (Å²) in [6.45, 7) is 5.70. The fraction of sp³-hybridized carbons (Fsp3) is 0.360. The quantitative estimate of drug-likeness (QED) is 0.550. The van der Waals surface area contributed by atoms with E-state index in [9.17, 15) is 4.79 Å². The third-order valence-corrected chi connectivity index (χ3v) is 6.47. The van der Waals surface area contributed by atoms with E-state index >= 15 is 0 Å². The van der Waals surface area contributed by atoms with Gasteiger partial charge in [-0.15, -0.1) is 0 Å². The van der Waals surface area contributed by atoms with Gasteiger partial charge >= 0.3 is 0 Å². The Hall–Kier alpha value is -3.19. The number of nitrogens with zero attached hydrogens (tertiary/aromatic N) is 3. The monoisotopic (exact) mass is 468 g/mol. The first kappa shape index (κ1) is 23.0. The number of carbonyl (C=O) groups is 1. The Labute approximate surface area is 199 Å². The molecule has 1 saturated heterocycles. The van der Waals surface area contributed by atoms with E-state index < -0.39 is 0 Å². The average molecular weight is 469 g/mol. The van der Waals surface area contributed by atoms with Gasteiger partial charge in [-0.3, -0.25) is 4.79 Å². The van der Waals surface area contributed by atoms with Crippen LogP contribution in [0.1, 0.15) is 24.2 Å². The molecular weight excluding hydrogens is 440 g/mol. The molecular formula is C25H29ClN4O3. The lowest BCUT2D eigenvalue weighted by molar-refractivity contribution is -0.120. The number of anilines is 2. The molecule has 0 spiro atoms. The highest BCUT2D eigenvalue weighted by atomic mass is 35.5. The highest BCUT2D eigenvalue weighted by molar-refractivity contribution is 6.32. The van der Waals surface area contributed by atoms with E-state index in [4.69, 9.17) is 21.1 Å². The third kappa shape index (κ3) is 4.64. The largest absolute Gasteiger partial charge is 0.495 e. The van der Waals surface area contributed by atoms with Gasteiger partial charge in [0.05, 0.1) is 30.6 Å². The van der Waals surface area contributed by atoms with Gasteiger partial charge in [0.2, 0.25) is 5.91 Å². The molecule has 1 N–H and O–H groups in total. The molecule has 0 atom stereocenters. The fourth-order valence-electron chi connectivity index (χ4n) is 4.40. The van der Waals surface area contributed by atoms with Gasteiger partial charge in [0.25, 0.3) is 0 Å². The zero-order valence-corrected chi connectivity index (χ0v) is 20.1. The van der Waals surface area contributed by atoms with E-state index in [1.807, 2.05) is 12.3 Å². The summed E-state index contributed by atoms with van der Waals surface area (Å²) in [5.74, 6) is 1.82. The standard InChI is InChI=1S/C25H29ClN4O3/c1-16-7-8-17(2)30(16)21-6-5-11-27-24(21)29-12-9-18(10-13-29)25(31)28-20-14-19(26)22(32-3)15-23(20)33-4/h5-8,11,14-15,18H,9-10,12-13H2,1-4H3,(H,28,31). The molecule has 8 heteroatoms. The average Bonchev–Trinajstić information content (AvgIpc) is 3.17. The second-order valence-electron chi connectivity index (χ2n) is 8.24. The minimum absolute atomic E-state index is 0.0347. The van der Waals surface area contributed by atoms with Gasteiger partial charge in [-0.25, -0.2) is 4.98 Å². The number of hydrogen-bond acceptors (Lipinski definition) is 5. The topological polar surface area (TPSA) is 68.6 Å². The van der Waals surface area contributed by atoms with Gasteiger partial charge in [-0.1, -0.05) is 11.6 Å². The van der Waals surface area contributed by atoms with Crippen LogP contribution in [0.15, 0.2) is 42.6 Å². The van der Waals surface area contributed by atoms with Crippen molar-refractivity contribution in [3.05, 3.63) is 59.0 Å². The number of ether oxygens (including phenoxy) is 2. The number of amides is 1. The lowest BCUT2D eigenvalue weighted by atomic mass is 9.95. The summed E-state index contributed by atoms with van der Waals surface area (Å²) in [5.41, 5.74) is 3.95. The first-order valence-corrected chi connectivity index (χ1v) is 11.4. The number of benzene rings is 1. The van der Waals surface area contributed by atoms with Crippen LogP contribution in [0.25, 0.3) is 5.69 Å². The van der Waals surface area contributed by atoms with Crippen molar-refractivity contribution in [2.24, 2.45) is 5.92 Å². The molecule has 0 aliphatic carbocycles. The minimum Gasteiger partial charge on any atom is -0.495 e. The summed E-state index contributed by atoms with van der Waals surface area (Å²) < 4.78 is 12.9. The van der Waals surface area contributed by atoms with Crippen molar-refractivity contribution in [2.75, 3.05) is 37.5 Å². The molecule has 1 aliphatic rings. The van der Waals surface area contributed by atoms with E-state index in [-0.39, 0.29) is 11.8 Å². The number of rotatable bonds is 6. The zero-order valence-electron chi connectivity index (χ0n) is 19.4. The van der Waals surface area contributed by atoms with Crippen LogP contribution in [0.5, 0.6) is 11.5 Å². The molecule has 174 valence electrons. The predicted octanol–water partition coefficient (Wildman–Crippen LogP) is 5.01. The molecule has 3 heterocycles. The van der Waals surface area contributed by atoms with Crippen LogP contribution in [-0.2, 0) is 4.79 Å². The van der Waals surface area contributed by atoms with Crippen molar-refractivity contribution in [3.63, 3.8) is 0 Å². The van der Waals surface area contributed by atoms with E-state index in [0.717, 1.165) is 37.4 Å². The van der Waals surface area contributed by atoms with Gasteiger partial charge < -0.3 is 24.3 Å². The Kier molecular flexibility index (Phi) is 6.79. The maximum Gasteiger partial charge on any atom is 0.227 e. The predicted molar refractivity (Wildman–Crippen MR) is 131 cm³/mol. The molecule has 1 aromatic carbocycles.